The summed E-state index contributed by atoms with van der Waals surface area (Å²) in [7, 11) is 0. The number of amides is 1. The van der Waals surface area contributed by atoms with Gasteiger partial charge in [0, 0.05) is 12.5 Å². The SMILES string of the molecule is CCCCc1ccc2nc(NC(=O)c3cc(Br)cc(Br)c3I)sc2c1. The number of benzene rings is 2. The zero-order valence-corrected chi connectivity index (χ0v) is 19.6. The average molecular weight is 594 g/mol. The minimum absolute atomic E-state index is 0.156. The highest BCUT2D eigenvalue weighted by Gasteiger charge is 2.16. The topological polar surface area (TPSA) is 42.0 Å². The molecule has 1 amide bonds. The number of hydrogen-bond acceptors (Lipinski definition) is 3. The van der Waals surface area contributed by atoms with Crippen molar-refractivity contribution in [3.63, 3.8) is 0 Å². The molecule has 0 atom stereocenters. The Balaban J connectivity index is 1.84. The molecule has 7 heteroatoms. The van der Waals surface area contributed by atoms with Crippen molar-refractivity contribution in [1.82, 2.24) is 4.98 Å². The van der Waals surface area contributed by atoms with Gasteiger partial charge < -0.3 is 0 Å². The van der Waals surface area contributed by atoms with E-state index < -0.39 is 0 Å². The number of nitrogens with zero attached hydrogens (tertiary/aromatic N) is 1. The van der Waals surface area contributed by atoms with Crippen LogP contribution in [0.15, 0.2) is 39.3 Å². The van der Waals surface area contributed by atoms with Gasteiger partial charge in [-0.1, -0.05) is 46.7 Å². The summed E-state index contributed by atoms with van der Waals surface area (Å²) in [6.45, 7) is 2.19. The predicted octanol–water partition coefficient (Wildman–Crippen LogP) is 7.02. The van der Waals surface area contributed by atoms with E-state index in [1.165, 1.54) is 29.7 Å². The van der Waals surface area contributed by atoms with Crippen molar-refractivity contribution < 1.29 is 4.79 Å². The van der Waals surface area contributed by atoms with E-state index in [9.17, 15) is 4.79 Å². The molecular weight excluding hydrogens is 579 g/mol. The summed E-state index contributed by atoms with van der Waals surface area (Å²) in [6, 6.07) is 10.1. The molecule has 1 heterocycles. The zero-order chi connectivity index (χ0) is 18.0. The molecule has 1 N–H and O–H groups in total. The van der Waals surface area contributed by atoms with Gasteiger partial charge in [-0.05, 0) is 81.2 Å². The fraction of sp³-hybridized carbons (Fsp3) is 0.222. The third-order valence-corrected chi connectivity index (χ3v) is 7.65. The molecule has 0 saturated heterocycles. The molecule has 1 aromatic heterocycles. The molecule has 130 valence electrons. The molecule has 2 aromatic carbocycles. The lowest BCUT2D eigenvalue weighted by Gasteiger charge is -2.07. The van der Waals surface area contributed by atoms with Crippen molar-refractivity contribution in [3.8, 4) is 0 Å². The van der Waals surface area contributed by atoms with Gasteiger partial charge in [-0.3, -0.25) is 10.1 Å². The van der Waals surface area contributed by atoms with E-state index >= 15 is 0 Å². The Labute approximate surface area is 181 Å². The number of anilines is 1. The van der Waals surface area contributed by atoms with Gasteiger partial charge in [-0.2, -0.15) is 0 Å². The van der Waals surface area contributed by atoms with Crippen LogP contribution in [0, 0.1) is 3.57 Å². The first-order valence-corrected chi connectivity index (χ1v) is 11.3. The zero-order valence-electron chi connectivity index (χ0n) is 13.4. The van der Waals surface area contributed by atoms with Gasteiger partial charge in [-0.15, -0.1) is 0 Å². The second-order valence-electron chi connectivity index (χ2n) is 5.63. The van der Waals surface area contributed by atoms with E-state index in [0.29, 0.717) is 10.7 Å². The molecule has 25 heavy (non-hydrogen) atoms. The third-order valence-electron chi connectivity index (χ3n) is 3.73. The van der Waals surface area contributed by atoms with Crippen LogP contribution in [0.25, 0.3) is 10.2 Å². The van der Waals surface area contributed by atoms with Crippen molar-refractivity contribution in [2.75, 3.05) is 5.32 Å². The molecule has 3 nitrogen and oxygen atoms in total. The largest absolute Gasteiger partial charge is 0.298 e. The lowest BCUT2D eigenvalue weighted by molar-refractivity contribution is 0.102. The van der Waals surface area contributed by atoms with Gasteiger partial charge in [0.2, 0.25) is 0 Å². The number of thiazole rings is 1. The first-order valence-electron chi connectivity index (χ1n) is 7.83. The number of nitrogens with one attached hydrogen (secondary N) is 1. The summed E-state index contributed by atoms with van der Waals surface area (Å²) in [5.74, 6) is -0.156. The summed E-state index contributed by atoms with van der Waals surface area (Å²) in [5.41, 5.74) is 2.86. The Morgan fingerprint density at radius 3 is 2.84 bits per heavy atom. The standard InChI is InChI=1S/C18H15Br2IN2OS/c1-2-3-4-10-5-6-14-15(7-10)25-18(22-14)23-17(24)12-8-11(19)9-13(20)16(12)21/h5-9H,2-4H2,1H3,(H,22,23,24). The maximum Gasteiger partial charge on any atom is 0.258 e. The van der Waals surface area contributed by atoms with Gasteiger partial charge >= 0.3 is 0 Å². The van der Waals surface area contributed by atoms with E-state index in [-0.39, 0.29) is 5.91 Å². The molecule has 0 bridgehead atoms. The Hall–Kier alpha value is -0.510. The van der Waals surface area contributed by atoms with Crippen molar-refractivity contribution in [2.24, 2.45) is 0 Å². The molecule has 0 aliphatic rings. The molecule has 0 spiro atoms. The monoisotopic (exact) mass is 592 g/mol. The highest BCUT2D eigenvalue weighted by molar-refractivity contribution is 14.1. The maximum atomic E-state index is 12.6. The van der Waals surface area contributed by atoms with Crippen molar-refractivity contribution >= 4 is 87.0 Å². The average Bonchev–Trinajstić information content (AvgIpc) is 2.97. The van der Waals surface area contributed by atoms with Crippen LogP contribution >= 0.6 is 65.8 Å². The number of unbranched alkanes of at least 4 members (excludes halogenated alkanes) is 1. The van der Waals surface area contributed by atoms with Crippen LogP contribution in [0.4, 0.5) is 5.13 Å². The van der Waals surface area contributed by atoms with Crippen molar-refractivity contribution in [1.29, 1.82) is 0 Å². The van der Waals surface area contributed by atoms with Crippen LogP contribution < -0.4 is 5.32 Å². The van der Waals surface area contributed by atoms with Gasteiger partial charge in [0.1, 0.15) is 0 Å². The number of carbonyl (C=O) groups excluding carboxylic acids is 1. The van der Waals surface area contributed by atoms with Crippen LogP contribution in [-0.4, -0.2) is 10.9 Å². The lowest BCUT2D eigenvalue weighted by atomic mass is 10.1. The molecule has 0 aliphatic heterocycles. The molecule has 0 radical (unpaired) electrons. The quantitative estimate of drug-likeness (QED) is 0.255. The lowest BCUT2D eigenvalue weighted by Crippen LogP contribution is -2.13. The van der Waals surface area contributed by atoms with Gasteiger partial charge in [0.25, 0.3) is 5.91 Å². The smallest absolute Gasteiger partial charge is 0.258 e. The van der Waals surface area contributed by atoms with Crippen LogP contribution in [0.2, 0.25) is 0 Å². The summed E-state index contributed by atoms with van der Waals surface area (Å²) < 4.78 is 3.72. The number of carbonyl (C=O) groups is 1. The van der Waals surface area contributed by atoms with Gasteiger partial charge in [0.15, 0.2) is 5.13 Å². The molecule has 0 saturated carbocycles. The van der Waals surface area contributed by atoms with E-state index in [2.05, 4.69) is 83.8 Å². The second kappa shape index (κ2) is 8.45. The normalized spacial score (nSPS) is 11.0. The van der Waals surface area contributed by atoms with Gasteiger partial charge in [0.05, 0.1) is 15.8 Å². The Morgan fingerprint density at radius 2 is 2.08 bits per heavy atom. The van der Waals surface area contributed by atoms with Crippen molar-refractivity contribution in [3.05, 3.63) is 54.0 Å². The summed E-state index contributed by atoms with van der Waals surface area (Å²) in [5, 5.41) is 3.55. The first-order chi connectivity index (χ1) is 12.0. The maximum absolute atomic E-state index is 12.6. The summed E-state index contributed by atoms with van der Waals surface area (Å²) in [6.07, 6.45) is 3.45. The molecule has 3 aromatic rings. The third kappa shape index (κ3) is 4.61. The molecular formula is C18H15Br2IN2OS. The minimum atomic E-state index is -0.156. The summed E-state index contributed by atoms with van der Waals surface area (Å²) >= 11 is 10.6. The number of aromatic nitrogens is 1. The molecule has 0 aliphatic carbocycles. The van der Waals surface area contributed by atoms with Crippen LogP contribution in [0.5, 0.6) is 0 Å². The number of fused-ring (bicyclic) bond motifs is 1. The molecule has 0 fully saturated rings. The number of rotatable bonds is 5. The fourth-order valence-electron chi connectivity index (χ4n) is 2.44. The fourth-order valence-corrected chi connectivity index (χ4v) is 5.15. The number of hydrogen-bond donors (Lipinski definition) is 1. The second-order valence-corrected chi connectivity index (χ2v) is 9.51. The Bertz CT molecular complexity index is 942. The minimum Gasteiger partial charge on any atom is -0.298 e. The first kappa shape index (κ1) is 19.3. The van der Waals surface area contributed by atoms with E-state index in [0.717, 1.165) is 29.2 Å². The number of aryl methyl sites for hydroxylation is 1. The van der Waals surface area contributed by atoms with E-state index in [1.54, 1.807) is 0 Å². The highest BCUT2D eigenvalue weighted by atomic mass is 127. The predicted molar refractivity (Wildman–Crippen MR) is 121 cm³/mol. The van der Waals surface area contributed by atoms with E-state index in [4.69, 9.17) is 0 Å². The van der Waals surface area contributed by atoms with Gasteiger partial charge in [-0.25, -0.2) is 4.98 Å². The van der Waals surface area contributed by atoms with Crippen LogP contribution in [0.1, 0.15) is 35.7 Å². The van der Waals surface area contributed by atoms with Crippen LogP contribution in [0.3, 0.4) is 0 Å². The van der Waals surface area contributed by atoms with E-state index in [1.807, 2.05) is 18.2 Å². The highest BCUT2D eigenvalue weighted by Crippen LogP contribution is 2.30. The Kier molecular flexibility index (Phi) is 6.51. The Morgan fingerprint density at radius 1 is 1.28 bits per heavy atom. The molecule has 0 unspecified atom stereocenters. The van der Waals surface area contributed by atoms with Crippen molar-refractivity contribution in [2.45, 2.75) is 26.2 Å². The molecule has 3 rings (SSSR count). The number of halogens is 3. The summed E-state index contributed by atoms with van der Waals surface area (Å²) in [4.78, 5) is 17.2. The van der Waals surface area contributed by atoms with Crippen LogP contribution in [-0.2, 0) is 6.42 Å².